The van der Waals surface area contributed by atoms with E-state index >= 15 is 0 Å². The first-order valence-electron chi connectivity index (χ1n) is 8.45. The van der Waals surface area contributed by atoms with Gasteiger partial charge in [-0.3, -0.25) is 0 Å². The molecular formula is C19H28O6. The molecule has 0 fully saturated rings. The first kappa shape index (κ1) is 21.1. The third-order valence-electron chi connectivity index (χ3n) is 3.86. The summed E-state index contributed by atoms with van der Waals surface area (Å²) < 4.78 is 0. The lowest BCUT2D eigenvalue weighted by molar-refractivity contribution is -0.242. The number of carbonyl (C=O) groups excluding carboxylic acids is 2. The topological polar surface area (TPSA) is 93.1 Å². The normalized spacial score (nSPS) is 15.1. The maximum atomic E-state index is 12.2. The van der Waals surface area contributed by atoms with E-state index in [1.165, 1.54) is 19.1 Å². The Labute approximate surface area is 148 Å². The molecule has 0 saturated carbocycles. The lowest BCUT2D eigenvalue weighted by Crippen LogP contribution is -2.37. The minimum Gasteiger partial charge on any atom is -0.391 e. The average molecular weight is 352 g/mol. The molecule has 25 heavy (non-hydrogen) atoms. The molecule has 0 bridgehead atoms. The van der Waals surface area contributed by atoms with E-state index in [0.717, 1.165) is 6.42 Å². The summed E-state index contributed by atoms with van der Waals surface area (Å²) in [5, 5.41) is 19.7. The first-order valence-corrected chi connectivity index (χ1v) is 8.45. The minimum atomic E-state index is -1.29. The summed E-state index contributed by atoms with van der Waals surface area (Å²) in [7, 11) is 0. The Morgan fingerprint density at radius 2 is 1.68 bits per heavy atom. The van der Waals surface area contributed by atoms with Crippen molar-refractivity contribution in [2.45, 2.75) is 59.2 Å². The zero-order valence-electron chi connectivity index (χ0n) is 15.3. The van der Waals surface area contributed by atoms with E-state index in [9.17, 15) is 19.8 Å². The number of rotatable bonds is 7. The highest BCUT2D eigenvalue weighted by Crippen LogP contribution is 2.25. The summed E-state index contributed by atoms with van der Waals surface area (Å²) in [5.41, 5.74) is 0.333. The smallest absolute Gasteiger partial charge is 0.386 e. The molecule has 140 valence electrons. The van der Waals surface area contributed by atoms with Crippen LogP contribution < -0.4 is 0 Å². The molecule has 6 nitrogen and oxygen atoms in total. The van der Waals surface area contributed by atoms with Gasteiger partial charge in [0.1, 0.15) is 0 Å². The maximum absolute atomic E-state index is 12.2. The van der Waals surface area contributed by atoms with Crippen molar-refractivity contribution >= 4 is 11.9 Å². The number of aliphatic hydroxyl groups excluding tert-OH is 2. The number of carbonyl (C=O) groups is 2. The predicted octanol–water partition coefficient (Wildman–Crippen LogP) is 2.88. The highest BCUT2D eigenvalue weighted by atomic mass is 17.2. The Balaban J connectivity index is 2.64. The van der Waals surface area contributed by atoms with Crippen LogP contribution >= 0.6 is 0 Å². The fourth-order valence-electron chi connectivity index (χ4n) is 2.38. The van der Waals surface area contributed by atoms with Crippen LogP contribution in [0, 0.1) is 11.3 Å². The summed E-state index contributed by atoms with van der Waals surface area (Å²) >= 11 is 0. The summed E-state index contributed by atoms with van der Waals surface area (Å²) in [5.74, 6) is -2.63. The van der Waals surface area contributed by atoms with Crippen LogP contribution in [0.25, 0.3) is 0 Å². The van der Waals surface area contributed by atoms with Gasteiger partial charge in [0, 0.05) is 0 Å². The second-order valence-corrected chi connectivity index (χ2v) is 7.43. The second kappa shape index (κ2) is 9.53. The van der Waals surface area contributed by atoms with Gasteiger partial charge >= 0.3 is 11.9 Å². The molecule has 3 unspecified atom stereocenters. The van der Waals surface area contributed by atoms with E-state index in [4.69, 9.17) is 0 Å². The monoisotopic (exact) mass is 352 g/mol. The standard InChI is InChI=1S/C19H28O6/c1-13(20)16(21)15(11-8-12-19(2,3)4)18(23)25-24-17(22)14-9-6-5-7-10-14/h5-7,9-10,13,15-16,20-21H,8,11-12H2,1-4H3. The third kappa shape index (κ3) is 7.67. The van der Waals surface area contributed by atoms with Gasteiger partial charge in [-0.2, -0.15) is 0 Å². The summed E-state index contributed by atoms with van der Waals surface area (Å²) in [6, 6.07) is 8.12. The molecule has 0 spiro atoms. The van der Waals surface area contributed by atoms with Crippen LogP contribution in [-0.4, -0.2) is 34.4 Å². The van der Waals surface area contributed by atoms with Crippen molar-refractivity contribution in [1.29, 1.82) is 0 Å². The van der Waals surface area contributed by atoms with Gasteiger partial charge < -0.3 is 10.2 Å². The van der Waals surface area contributed by atoms with Gasteiger partial charge in [0.15, 0.2) is 0 Å². The van der Waals surface area contributed by atoms with Gasteiger partial charge in [-0.15, -0.1) is 0 Å². The molecule has 0 aliphatic heterocycles. The van der Waals surface area contributed by atoms with E-state index in [1.54, 1.807) is 18.2 Å². The first-order chi connectivity index (χ1) is 11.6. The van der Waals surface area contributed by atoms with Crippen molar-refractivity contribution in [2.24, 2.45) is 11.3 Å². The maximum Gasteiger partial charge on any atom is 0.386 e. The van der Waals surface area contributed by atoms with Crippen molar-refractivity contribution in [1.82, 2.24) is 0 Å². The van der Waals surface area contributed by atoms with Crippen LogP contribution in [0.4, 0.5) is 0 Å². The largest absolute Gasteiger partial charge is 0.391 e. The molecule has 6 heteroatoms. The molecule has 0 heterocycles. The molecule has 0 aliphatic rings. The Hall–Kier alpha value is -1.92. The van der Waals surface area contributed by atoms with Crippen LogP contribution in [0.15, 0.2) is 30.3 Å². The fraction of sp³-hybridized carbons (Fsp3) is 0.579. The van der Waals surface area contributed by atoms with Gasteiger partial charge in [0.25, 0.3) is 0 Å². The zero-order chi connectivity index (χ0) is 19.0. The second-order valence-electron chi connectivity index (χ2n) is 7.43. The van der Waals surface area contributed by atoms with Crippen LogP contribution in [0.1, 0.15) is 57.3 Å². The molecule has 1 aromatic rings. The number of aliphatic hydroxyl groups is 2. The number of hydrogen-bond donors (Lipinski definition) is 2. The van der Waals surface area contributed by atoms with E-state index in [0.29, 0.717) is 12.8 Å². The van der Waals surface area contributed by atoms with Gasteiger partial charge in [0.2, 0.25) is 0 Å². The molecule has 2 N–H and O–H groups in total. The van der Waals surface area contributed by atoms with E-state index in [1.807, 2.05) is 0 Å². The SMILES string of the molecule is CC(O)C(O)C(CCCC(C)(C)C)C(=O)OOC(=O)c1ccccc1. The Kier molecular flexibility index (Phi) is 8.06. The van der Waals surface area contributed by atoms with Crippen LogP contribution in [0.2, 0.25) is 0 Å². The number of benzene rings is 1. The van der Waals surface area contributed by atoms with Crippen LogP contribution in [-0.2, 0) is 14.6 Å². The summed E-state index contributed by atoms with van der Waals surface area (Å²) in [6.07, 6.45) is -0.558. The van der Waals surface area contributed by atoms with Gasteiger partial charge in [-0.1, -0.05) is 45.4 Å². The van der Waals surface area contributed by atoms with Crippen LogP contribution in [0.5, 0.6) is 0 Å². The lowest BCUT2D eigenvalue weighted by Gasteiger charge is -2.24. The van der Waals surface area contributed by atoms with Crippen molar-refractivity contribution in [2.75, 3.05) is 0 Å². The van der Waals surface area contributed by atoms with Crippen molar-refractivity contribution in [3.63, 3.8) is 0 Å². The van der Waals surface area contributed by atoms with E-state index in [2.05, 4.69) is 30.5 Å². The molecule has 0 aliphatic carbocycles. The molecule has 0 aromatic heterocycles. The van der Waals surface area contributed by atoms with Crippen LogP contribution in [0.3, 0.4) is 0 Å². The molecule has 1 rings (SSSR count). The summed E-state index contributed by atoms with van der Waals surface area (Å²) in [4.78, 5) is 33.2. The Morgan fingerprint density at radius 1 is 1.08 bits per heavy atom. The molecule has 0 radical (unpaired) electrons. The predicted molar refractivity (Wildman–Crippen MR) is 92.4 cm³/mol. The molecule has 0 saturated heterocycles. The van der Waals surface area contributed by atoms with E-state index < -0.39 is 30.1 Å². The quantitative estimate of drug-likeness (QED) is 0.579. The Morgan fingerprint density at radius 3 is 2.20 bits per heavy atom. The van der Waals surface area contributed by atoms with Crippen molar-refractivity contribution in [3.05, 3.63) is 35.9 Å². The van der Waals surface area contributed by atoms with Crippen molar-refractivity contribution < 1.29 is 29.6 Å². The highest BCUT2D eigenvalue weighted by Gasteiger charge is 2.33. The molecule has 1 aromatic carbocycles. The van der Waals surface area contributed by atoms with Gasteiger partial charge in [-0.25, -0.2) is 19.4 Å². The molecule has 0 amide bonds. The highest BCUT2D eigenvalue weighted by molar-refractivity contribution is 5.89. The molecular weight excluding hydrogens is 324 g/mol. The minimum absolute atomic E-state index is 0.0873. The Bertz CT molecular complexity index is 547. The lowest BCUT2D eigenvalue weighted by atomic mass is 9.86. The van der Waals surface area contributed by atoms with E-state index in [-0.39, 0.29) is 11.0 Å². The zero-order valence-corrected chi connectivity index (χ0v) is 15.3. The fourth-order valence-corrected chi connectivity index (χ4v) is 2.38. The average Bonchev–Trinajstić information content (AvgIpc) is 2.55. The van der Waals surface area contributed by atoms with Crippen molar-refractivity contribution in [3.8, 4) is 0 Å². The van der Waals surface area contributed by atoms with Gasteiger partial charge in [-0.05, 0) is 37.3 Å². The van der Waals surface area contributed by atoms with Gasteiger partial charge in [0.05, 0.1) is 23.7 Å². The number of hydrogen-bond acceptors (Lipinski definition) is 6. The third-order valence-corrected chi connectivity index (χ3v) is 3.86. The summed E-state index contributed by atoms with van der Waals surface area (Å²) in [6.45, 7) is 7.62. The molecule has 3 atom stereocenters.